The molecule has 3 aromatic rings. The molecule has 1 amide bonds. The summed E-state index contributed by atoms with van der Waals surface area (Å²) in [6.07, 6.45) is 3.61. The molecule has 152 valence electrons. The van der Waals surface area contributed by atoms with Crippen molar-refractivity contribution in [2.24, 2.45) is 0 Å². The molecule has 0 spiro atoms. The topological polar surface area (TPSA) is 84.2 Å². The number of aromatic nitrogens is 3. The van der Waals surface area contributed by atoms with Crippen LogP contribution in [0.25, 0.3) is 11.5 Å². The standard InChI is InChI=1S/C21H25N5O2S/c1-21(2,3)19-24-18(28-25-19)16-7-5-4-6-15(16)17(27)23-14-8-11-26(12-9-14)20-22-10-13-29-20/h4-7,10,13-14H,8-9,11-12H2,1-3H3,(H,23,27). The first-order valence-corrected chi connectivity index (χ1v) is 10.7. The first-order valence-electron chi connectivity index (χ1n) is 9.81. The van der Waals surface area contributed by atoms with Crippen LogP contribution in [0.4, 0.5) is 5.13 Å². The van der Waals surface area contributed by atoms with E-state index in [0.717, 1.165) is 31.1 Å². The molecule has 0 atom stereocenters. The second-order valence-electron chi connectivity index (χ2n) is 8.27. The van der Waals surface area contributed by atoms with Crippen molar-refractivity contribution in [2.75, 3.05) is 18.0 Å². The third-order valence-corrected chi connectivity index (χ3v) is 5.85. The first kappa shape index (κ1) is 19.6. The maximum Gasteiger partial charge on any atom is 0.258 e. The number of rotatable bonds is 4. The lowest BCUT2D eigenvalue weighted by Crippen LogP contribution is -2.44. The Morgan fingerprint density at radius 3 is 2.66 bits per heavy atom. The van der Waals surface area contributed by atoms with Crippen LogP contribution in [0.1, 0.15) is 49.8 Å². The van der Waals surface area contributed by atoms with Crippen LogP contribution in [-0.2, 0) is 5.41 Å². The molecule has 1 saturated heterocycles. The number of anilines is 1. The molecule has 0 aliphatic carbocycles. The van der Waals surface area contributed by atoms with Gasteiger partial charge in [0.15, 0.2) is 11.0 Å². The Kier molecular flexibility index (Phi) is 5.36. The number of hydrogen-bond donors (Lipinski definition) is 1. The second-order valence-corrected chi connectivity index (χ2v) is 9.14. The van der Waals surface area contributed by atoms with Gasteiger partial charge in [0.25, 0.3) is 11.8 Å². The van der Waals surface area contributed by atoms with Gasteiger partial charge < -0.3 is 14.7 Å². The lowest BCUT2D eigenvalue weighted by atomic mass is 9.96. The van der Waals surface area contributed by atoms with E-state index in [9.17, 15) is 4.79 Å². The second kappa shape index (κ2) is 7.94. The number of nitrogens with one attached hydrogen (secondary N) is 1. The molecular formula is C21H25N5O2S. The minimum atomic E-state index is -0.218. The monoisotopic (exact) mass is 411 g/mol. The molecule has 0 bridgehead atoms. The molecule has 1 aromatic carbocycles. The van der Waals surface area contributed by atoms with Crippen molar-refractivity contribution < 1.29 is 9.32 Å². The van der Waals surface area contributed by atoms with Crippen LogP contribution in [0.15, 0.2) is 40.4 Å². The van der Waals surface area contributed by atoms with Crippen molar-refractivity contribution in [1.29, 1.82) is 0 Å². The summed E-state index contributed by atoms with van der Waals surface area (Å²) in [7, 11) is 0. The van der Waals surface area contributed by atoms with Gasteiger partial charge in [0.05, 0.1) is 11.1 Å². The molecule has 8 heteroatoms. The smallest absolute Gasteiger partial charge is 0.258 e. The Morgan fingerprint density at radius 2 is 2.00 bits per heavy atom. The van der Waals surface area contributed by atoms with E-state index in [-0.39, 0.29) is 17.4 Å². The molecule has 4 rings (SSSR count). The van der Waals surface area contributed by atoms with E-state index < -0.39 is 0 Å². The number of nitrogens with zero attached hydrogens (tertiary/aromatic N) is 4. The number of carbonyl (C=O) groups is 1. The average molecular weight is 412 g/mol. The molecule has 0 radical (unpaired) electrons. The first-order chi connectivity index (χ1) is 13.9. The Labute approximate surface area is 174 Å². The molecule has 1 N–H and O–H groups in total. The van der Waals surface area contributed by atoms with Gasteiger partial charge in [-0.1, -0.05) is 38.1 Å². The summed E-state index contributed by atoms with van der Waals surface area (Å²) in [6.45, 7) is 7.85. The maximum atomic E-state index is 13.0. The van der Waals surface area contributed by atoms with Crippen molar-refractivity contribution in [3.05, 3.63) is 47.2 Å². The van der Waals surface area contributed by atoms with Crippen LogP contribution < -0.4 is 10.2 Å². The normalized spacial score (nSPS) is 15.5. The summed E-state index contributed by atoms with van der Waals surface area (Å²) in [6, 6.07) is 7.51. The number of piperidine rings is 1. The van der Waals surface area contributed by atoms with E-state index >= 15 is 0 Å². The van der Waals surface area contributed by atoms with Gasteiger partial charge in [-0.3, -0.25) is 4.79 Å². The summed E-state index contributed by atoms with van der Waals surface area (Å²) in [5.41, 5.74) is 0.997. The van der Waals surface area contributed by atoms with E-state index in [4.69, 9.17) is 4.52 Å². The number of thiazole rings is 1. The minimum Gasteiger partial charge on any atom is -0.349 e. The van der Waals surface area contributed by atoms with Crippen molar-refractivity contribution in [3.63, 3.8) is 0 Å². The Bertz CT molecular complexity index is 969. The highest BCUT2D eigenvalue weighted by Gasteiger charge is 2.26. The zero-order chi connectivity index (χ0) is 20.4. The zero-order valence-corrected chi connectivity index (χ0v) is 17.7. The third-order valence-electron chi connectivity index (χ3n) is 5.02. The van der Waals surface area contributed by atoms with Gasteiger partial charge in [0, 0.05) is 36.1 Å². The molecule has 1 aliphatic heterocycles. The molecule has 1 aliphatic rings. The fourth-order valence-electron chi connectivity index (χ4n) is 3.36. The SMILES string of the molecule is CC(C)(C)c1noc(-c2ccccc2C(=O)NC2CCN(c3nccs3)CC2)n1. The van der Waals surface area contributed by atoms with Crippen LogP contribution in [0.2, 0.25) is 0 Å². The lowest BCUT2D eigenvalue weighted by Gasteiger charge is -2.32. The van der Waals surface area contributed by atoms with Crippen molar-refractivity contribution >= 4 is 22.4 Å². The third kappa shape index (κ3) is 4.32. The highest BCUT2D eigenvalue weighted by atomic mass is 32.1. The predicted octanol–water partition coefficient (Wildman–Crippen LogP) is 3.89. The minimum absolute atomic E-state index is 0.108. The van der Waals surface area contributed by atoms with Crippen molar-refractivity contribution in [1.82, 2.24) is 20.4 Å². The molecule has 29 heavy (non-hydrogen) atoms. The van der Waals surface area contributed by atoms with Crippen LogP contribution in [0, 0.1) is 0 Å². The van der Waals surface area contributed by atoms with Crippen molar-refractivity contribution in [3.8, 4) is 11.5 Å². The summed E-state index contributed by atoms with van der Waals surface area (Å²) < 4.78 is 5.46. The van der Waals surface area contributed by atoms with Gasteiger partial charge in [-0.05, 0) is 25.0 Å². The fourth-order valence-corrected chi connectivity index (χ4v) is 4.05. The number of hydrogen-bond acceptors (Lipinski definition) is 7. The van der Waals surface area contributed by atoms with Crippen LogP contribution in [0.3, 0.4) is 0 Å². The van der Waals surface area contributed by atoms with Crippen molar-refractivity contribution in [2.45, 2.75) is 45.1 Å². The molecule has 2 aromatic heterocycles. The predicted molar refractivity (Wildman–Crippen MR) is 113 cm³/mol. The summed E-state index contributed by atoms with van der Waals surface area (Å²) >= 11 is 1.65. The van der Waals surface area contributed by atoms with E-state index in [2.05, 4.69) is 25.3 Å². The summed E-state index contributed by atoms with van der Waals surface area (Å²) in [4.78, 5) is 24.1. The quantitative estimate of drug-likeness (QED) is 0.701. The Morgan fingerprint density at radius 1 is 1.24 bits per heavy atom. The fraction of sp³-hybridized carbons (Fsp3) is 0.429. The van der Waals surface area contributed by atoms with Gasteiger partial charge in [-0.15, -0.1) is 11.3 Å². The van der Waals surface area contributed by atoms with E-state index in [1.807, 2.05) is 50.5 Å². The van der Waals surface area contributed by atoms with Gasteiger partial charge in [-0.25, -0.2) is 4.98 Å². The molecule has 0 unspecified atom stereocenters. The van der Waals surface area contributed by atoms with Gasteiger partial charge in [0.1, 0.15) is 0 Å². The van der Waals surface area contributed by atoms with Crippen LogP contribution in [0.5, 0.6) is 0 Å². The van der Waals surface area contributed by atoms with Gasteiger partial charge in [-0.2, -0.15) is 4.98 Å². The summed E-state index contributed by atoms with van der Waals surface area (Å²) in [5, 5.41) is 10.3. The largest absolute Gasteiger partial charge is 0.349 e. The van der Waals surface area contributed by atoms with Gasteiger partial charge >= 0.3 is 0 Å². The molecule has 7 nitrogen and oxygen atoms in total. The number of benzene rings is 1. The van der Waals surface area contributed by atoms with Crippen LogP contribution >= 0.6 is 11.3 Å². The lowest BCUT2D eigenvalue weighted by molar-refractivity contribution is 0.0931. The Balaban J connectivity index is 1.45. The number of amides is 1. The molecular weight excluding hydrogens is 386 g/mol. The van der Waals surface area contributed by atoms with E-state index in [1.165, 1.54) is 0 Å². The zero-order valence-electron chi connectivity index (χ0n) is 16.9. The maximum absolute atomic E-state index is 13.0. The highest BCUT2D eigenvalue weighted by molar-refractivity contribution is 7.13. The average Bonchev–Trinajstić information content (AvgIpc) is 3.40. The summed E-state index contributed by atoms with van der Waals surface area (Å²) in [5.74, 6) is 0.889. The highest BCUT2D eigenvalue weighted by Crippen LogP contribution is 2.27. The Hall–Kier alpha value is -2.74. The van der Waals surface area contributed by atoms with Crippen LogP contribution in [-0.4, -0.2) is 40.2 Å². The molecule has 3 heterocycles. The van der Waals surface area contributed by atoms with E-state index in [1.54, 1.807) is 17.4 Å². The molecule has 0 saturated carbocycles. The van der Waals surface area contributed by atoms with Gasteiger partial charge in [0.2, 0.25) is 0 Å². The number of carbonyl (C=O) groups excluding carboxylic acids is 1. The van der Waals surface area contributed by atoms with E-state index in [0.29, 0.717) is 22.8 Å². The molecule has 1 fully saturated rings.